The van der Waals surface area contributed by atoms with Crippen molar-refractivity contribution in [1.29, 1.82) is 0 Å². The molecule has 0 spiro atoms. The summed E-state index contributed by atoms with van der Waals surface area (Å²) >= 11 is 6.15. The highest BCUT2D eigenvalue weighted by molar-refractivity contribution is 6.31. The van der Waals surface area contributed by atoms with E-state index in [-0.39, 0.29) is 0 Å². The predicted molar refractivity (Wildman–Crippen MR) is 78.7 cm³/mol. The van der Waals surface area contributed by atoms with Crippen LogP contribution in [0.3, 0.4) is 0 Å². The van der Waals surface area contributed by atoms with Crippen molar-refractivity contribution in [1.82, 2.24) is 0 Å². The van der Waals surface area contributed by atoms with Gasteiger partial charge >= 0.3 is 6.09 Å². The minimum absolute atomic E-state index is 0.488. The first kappa shape index (κ1) is 15.8. The number of anilines is 1. The minimum Gasteiger partial charge on any atom is -0.444 e. The van der Waals surface area contributed by atoms with E-state index in [4.69, 9.17) is 22.1 Å². The Balaban J connectivity index is 2.65. The van der Waals surface area contributed by atoms with Gasteiger partial charge in [0, 0.05) is 10.7 Å². The molecule has 0 heterocycles. The molecule has 0 aliphatic carbocycles. The summed E-state index contributed by atoms with van der Waals surface area (Å²) in [7, 11) is 0. The number of rotatable bonds is 4. The quantitative estimate of drug-likeness (QED) is 0.888. The normalized spacial score (nSPS) is 11.2. The van der Waals surface area contributed by atoms with Gasteiger partial charge in [-0.15, -0.1) is 0 Å². The molecule has 0 atom stereocenters. The lowest BCUT2D eigenvalue weighted by molar-refractivity contribution is 0.0636. The smallest absolute Gasteiger partial charge is 0.412 e. The van der Waals surface area contributed by atoms with E-state index in [9.17, 15) is 4.79 Å². The summed E-state index contributed by atoms with van der Waals surface area (Å²) in [5.41, 5.74) is 6.60. The molecular formula is C14H21ClN2O2. The van der Waals surface area contributed by atoms with Gasteiger partial charge in [-0.2, -0.15) is 0 Å². The number of benzene rings is 1. The highest BCUT2D eigenvalue weighted by atomic mass is 35.5. The van der Waals surface area contributed by atoms with Gasteiger partial charge in [-0.1, -0.05) is 17.7 Å². The van der Waals surface area contributed by atoms with Gasteiger partial charge in [0.1, 0.15) is 5.60 Å². The van der Waals surface area contributed by atoms with Crippen LogP contribution in [0.4, 0.5) is 10.5 Å². The lowest BCUT2D eigenvalue weighted by atomic mass is 10.1. The molecule has 1 aromatic rings. The van der Waals surface area contributed by atoms with Crippen LogP contribution in [-0.2, 0) is 11.2 Å². The van der Waals surface area contributed by atoms with E-state index in [1.807, 2.05) is 32.9 Å². The van der Waals surface area contributed by atoms with Crippen molar-refractivity contribution < 1.29 is 9.53 Å². The molecule has 19 heavy (non-hydrogen) atoms. The zero-order chi connectivity index (χ0) is 14.5. The lowest BCUT2D eigenvalue weighted by Crippen LogP contribution is -2.27. The number of hydrogen-bond donors (Lipinski definition) is 2. The van der Waals surface area contributed by atoms with Gasteiger partial charge in [-0.25, -0.2) is 4.79 Å². The van der Waals surface area contributed by atoms with Gasteiger partial charge < -0.3 is 10.5 Å². The van der Waals surface area contributed by atoms with E-state index >= 15 is 0 Å². The number of carbonyl (C=O) groups is 1. The average Bonchev–Trinajstić information content (AvgIpc) is 2.25. The van der Waals surface area contributed by atoms with Crippen LogP contribution in [0.1, 0.15) is 32.8 Å². The van der Waals surface area contributed by atoms with Crippen LogP contribution in [0, 0.1) is 0 Å². The largest absolute Gasteiger partial charge is 0.444 e. The van der Waals surface area contributed by atoms with E-state index < -0.39 is 11.7 Å². The van der Waals surface area contributed by atoms with Crippen molar-refractivity contribution in [2.75, 3.05) is 11.9 Å². The average molecular weight is 285 g/mol. The molecule has 4 nitrogen and oxygen atoms in total. The van der Waals surface area contributed by atoms with Crippen LogP contribution in [0.15, 0.2) is 18.2 Å². The van der Waals surface area contributed by atoms with Crippen molar-refractivity contribution >= 4 is 23.4 Å². The topological polar surface area (TPSA) is 64.3 Å². The standard InChI is InChI=1S/C14H21ClN2O2/c1-14(2,3)19-13(18)17-11-7-6-10(5-4-8-16)12(15)9-11/h6-7,9H,4-5,8,16H2,1-3H3,(H,17,18). The molecule has 0 saturated carbocycles. The lowest BCUT2D eigenvalue weighted by Gasteiger charge is -2.19. The first-order chi connectivity index (χ1) is 8.81. The third-order valence-corrected chi connectivity index (χ3v) is 2.70. The molecule has 0 aliphatic rings. The molecule has 3 N–H and O–H groups in total. The van der Waals surface area contributed by atoms with E-state index in [0.29, 0.717) is 17.3 Å². The molecular weight excluding hydrogens is 264 g/mol. The first-order valence-electron chi connectivity index (χ1n) is 6.30. The second kappa shape index (κ2) is 6.78. The molecule has 0 saturated heterocycles. The van der Waals surface area contributed by atoms with Gasteiger partial charge in [0.15, 0.2) is 0 Å². The van der Waals surface area contributed by atoms with Gasteiger partial charge in [-0.05, 0) is 57.9 Å². The highest BCUT2D eigenvalue weighted by Crippen LogP contribution is 2.22. The maximum absolute atomic E-state index is 11.6. The molecule has 0 fully saturated rings. The Morgan fingerprint density at radius 1 is 1.42 bits per heavy atom. The fraction of sp³-hybridized carbons (Fsp3) is 0.500. The Bertz CT molecular complexity index is 442. The van der Waals surface area contributed by atoms with Crippen molar-refractivity contribution in [3.05, 3.63) is 28.8 Å². The van der Waals surface area contributed by atoms with E-state index in [2.05, 4.69) is 5.32 Å². The summed E-state index contributed by atoms with van der Waals surface area (Å²) in [6.45, 7) is 6.08. The number of ether oxygens (including phenoxy) is 1. The number of amides is 1. The number of aryl methyl sites for hydroxylation is 1. The van der Waals surface area contributed by atoms with Crippen LogP contribution < -0.4 is 11.1 Å². The Morgan fingerprint density at radius 2 is 2.11 bits per heavy atom. The van der Waals surface area contributed by atoms with E-state index in [0.717, 1.165) is 18.4 Å². The molecule has 1 amide bonds. The van der Waals surface area contributed by atoms with Gasteiger partial charge in [0.05, 0.1) is 0 Å². The number of nitrogens with two attached hydrogens (primary N) is 1. The monoisotopic (exact) mass is 284 g/mol. The summed E-state index contributed by atoms with van der Waals surface area (Å²) in [5, 5.41) is 3.28. The SMILES string of the molecule is CC(C)(C)OC(=O)Nc1ccc(CCCN)c(Cl)c1. The maximum Gasteiger partial charge on any atom is 0.412 e. The number of hydrogen-bond acceptors (Lipinski definition) is 3. The zero-order valence-corrected chi connectivity index (χ0v) is 12.4. The van der Waals surface area contributed by atoms with Crippen LogP contribution >= 0.6 is 11.6 Å². The highest BCUT2D eigenvalue weighted by Gasteiger charge is 2.16. The second-order valence-electron chi connectivity index (χ2n) is 5.33. The van der Waals surface area contributed by atoms with Gasteiger partial charge in [0.25, 0.3) is 0 Å². The fourth-order valence-electron chi connectivity index (χ4n) is 1.54. The molecule has 0 bridgehead atoms. The predicted octanol–water partition coefficient (Wildman–Crippen LogP) is 3.58. The molecule has 0 unspecified atom stereocenters. The number of halogens is 1. The van der Waals surface area contributed by atoms with Crippen LogP contribution in [0.5, 0.6) is 0 Å². The molecule has 1 rings (SSSR count). The zero-order valence-electron chi connectivity index (χ0n) is 11.6. The summed E-state index contributed by atoms with van der Waals surface area (Å²) in [4.78, 5) is 11.6. The number of carbonyl (C=O) groups excluding carboxylic acids is 1. The van der Waals surface area contributed by atoms with Crippen molar-refractivity contribution in [3.8, 4) is 0 Å². The molecule has 0 radical (unpaired) electrons. The third-order valence-electron chi connectivity index (χ3n) is 2.35. The summed E-state index contributed by atoms with van der Waals surface area (Å²) in [6, 6.07) is 5.42. The summed E-state index contributed by atoms with van der Waals surface area (Å²) in [5.74, 6) is 0. The minimum atomic E-state index is -0.519. The van der Waals surface area contributed by atoms with Crippen LogP contribution in [0.2, 0.25) is 5.02 Å². The summed E-state index contributed by atoms with van der Waals surface area (Å²) in [6.07, 6.45) is 1.24. The first-order valence-corrected chi connectivity index (χ1v) is 6.68. The molecule has 0 aromatic heterocycles. The van der Waals surface area contributed by atoms with E-state index in [1.54, 1.807) is 6.07 Å². The summed E-state index contributed by atoms with van der Waals surface area (Å²) < 4.78 is 5.17. The van der Waals surface area contributed by atoms with Crippen molar-refractivity contribution in [2.45, 2.75) is 39.2 Å². The van der Waals surface area contributed by atoms with Crippen LogP contribution in [-0.4, -0.2) is 18.2 Å². The van der Waals surface area contributed by atoms with Crippen molar-refractivity contribution in [3.63, 3.8) is 0 Å². The Labute approximate surface area is 119 Å². The fourth-order valence-corrected chi connectivity index (χ4v) is 1.82. The Kier molecular flexibility index (Phi) is 5.63. The molecule has 106 valence electrons. The van der Waals surface area contributed by atoms with Crippen molar-refractivity contribution in [2.24, 2.45) is 5.73 Å². The Morgan fingerprint density at radius 3 is 2.63 bits per heavy atom. The molecule has 1 aromatic carbocycles. The van der Waals surface area contributed by atoms with E-state index in [1.165, 1.54) is 0 Å². The number of nitrogens with one attached hydrogen (secondary N) is 1. The second-order valence-corrected chi connectivity index (χ2v) is 5.73. The van der Waals surface area contributed by atoms with Gasteiger partial charge in [0.2, 0.25) is 0 Å². The Hall–Kier alpha value is -1.26. The molecule has 5 heteroatoms. The molecule has 0 aliphatic heterocycles. The van der Waals surface area contributed by atoms with Crippen LogP contribution in [0.25, 0.3) is 0 Å². The third kappa shape index (κ3) is 5.94. The maximum atomic E-state index is 11.6. The van der Waals surface area contributed by atoms with Gasteiger partial charge in [-0.3, -0.25) is 5.32 Å².